The summed E-state index contributed by atoms with van der Waals surface area (Å²) in [4.78, 5) is 4.85. The van der Waals surface area contributed by atoms with Gasteiger partial charge < -0.3 is 4.52 Å². The number of sulfonamides is 1. The maximum Gasteiger partial charge on any atom is 0.218 e. The van der Waals surface area contributed by atoms with Crippen LogP contribution in [0.1, 0.15) is 30.6 Å². The fraction of sp³-hybridized carbons (Fsp3) is 0.280. The van der Waals surface area contributed by atoms with Crippen LogP contribution in [-0.4, -0.2) is 36.0 Å². The third-order valence-electron chi connectivity index (χ3n) is 5.98. The SMILES string of the molecule is Cc1onc(-c2cccc(Br)c2)c1-c1csc(-c2ccc(CS(=O)(=O)N3CCCCC3)cc2)n1. The van der Waals surface area contributed by atoms with E-state index in [9.17, 15) is 8.42 Å². The molecule has 2 aromatic heterocycles. The van der Waals surface area contributed by atoms with Crippen molar-refractivity contribution in [2.75, 3.05) is 13.1 Å². The summed E-state index contributed by atoms with van der Waals surface area (Å²) in [5.41, 5.74) is 5.14. The molecule has 1 aliphatic heterocycles. The van der Waals surface area contributed by atoms with Crippen molar-refractivity contribution in [1.29, 1.82) is 0 Å². The van der Waals surface area contributed by atoms with Crippen LogP contribution in [-0.2, 0) is 15.8 Å². The lowest BCUT2D eigenvalue weighted by atomic mass is 10.0. The van der Waals surface area contributed by atoms with E-state index in [1.165, 1.54) is 0 Å². The molecule has 0 spiro atoms. The molecule has 0 unspecified atom stereocenters. The molecule has 0 atom stereocenters. The zero-order chi connectivity index (χ0) is 23.7. The first-order chi connectivity index (χ1) is 16.4. The molecular formula is C25H24BrN3O3S2. The largest absolute Gasteiger partial charge is 0.360 e. The van der Waals surface area contributed by atoms with Gasteiger partial charge in [0.05, 0.1) is 17.0 Å². The minimum Gasteiger partial charge on any atom is -0.360 e. The van der Waals surface area contributed by atoms with Gasteiger partial charge in [0, 0.05) is 34.1 Å². The number of nitrogens with zero attached hydrogens (tertiary/aromatic N) is 3. The maximum atomic E-state index is 12.7. The number of hydrogen-bond acceptors (Lipinski definition) is 6. The first-order valence-electron chi connectivity index (χ1n) is 11.2. The molecule has 2 aromatic carbocycles. The van der Waals surface area contributed by atoms with Crippen LogP contribution in [0.25, 0.3) is 33.1 Å². The monoisotopic (exact) mass is 557 g/mol. The highest BCUT2D eigenvalue weighted by atomic mass is 79.9. The number of thiazole rings is 1. The van der Waals surface area contributed by atoms with Gasteiger partial charge in [-0.1, -0.05) is 63.9 Å². The van der Waals surface area contributed by atoms with Crippen LogP contribution in [0.3, 0.4) is 0 Å². The second-order valence-corrected chi connectivity index (χ2v) is 12.2. The van der Waals surface area contributed by atoms with Crippen molar-refractivity contribution in [1.82, 2.24) is 14.4 Å². The van der Waals surface area contributed by atoms with Gasteiger partial charge in [-0.15, -0.1) is 11.3 Å². The van der Waals surface area contributed by atoms with E-state index < -0.39 is 10.0 Å². The molecule has 0 amide bonds. The summed E-state index contributed by atoms with van der Waals surface area (Å²) in [6, 6.07) is 15.6. The van der Waals surface area contributed by atoms with Crippen molar-refractivity contribution < 1.29 is 12.9 Å². The molecule has 6 nitrogen and oxygen atoms in total. The molecule has 176 valence electrons. The van der Waals surface area contributed by atoms with Crippen molar-refractivity contribution in [2.45, 2.75) is 31.9 Å². The van der Waals surface area contributed by atoms with Gasteiger partial charge in [-0.05, 0) is 37.5 Å². The third kappa shape index (κ3) is 4.88. The molecule has 1 saturated heterocycles. The zero-order valence-corrected chi connectivity index (χ0v) is 21.9. The molecule has 0 N–H and O–H groups in total. The van der Waals surface area contributed by atoms with Crippen molar-refractivity contribution in [2.24, 2.45) is 0 Å². The maximum absolute atomic E-state index is 12.7. The summed E-state index contributed by atoms with van der Waals surface area (Å²) in [7, 11) is -3.28. The predicted octanol–water partition coefficient (Wildman–Crippen LogP) is 6.52. The number of aryl methyl sites for hydroxylation is 1. The van der Waals surface area contributed by atoms with Gasteiger partial charge in [-0.25, -0.2) is 17.7 Å². The number of rotatable bonds is 6. The number of benzene rings is 2. The van der Waals surface area contributed by atoms with Crippen molar-refractivity contribution in [3.63, 3.8) is 0 Å². The van der Waals surface area contributed by atoms with Gasteiger partial charge >= 0.3 is 0 Å². The van der Waals surface area contributed by atoms with E-state index >= 15 is 0 Å². The Hall–Kier alpha value is -2.33. The second-order valence-electron chi connectivity index (χ2n) is 8.42. The molecular weight excluding hydrogens is 534 g/mol. The molecule has 34 heavy (non-hydrogen) atoms. The Morgan fingerprint density at radius 1 is 1.06 bits per heavy atom. The second kappa shape index (κ2) is 9.73. The number of piperidine rings is 1. The van der Waals surface area contributed by atoms with E-state index in [0.29, 0.717) is 18.8 Å². The average Bonchev–Trinajstić information content (AvgIpc) is 3.46. The van der Waals surface area contributed by atoms with E-state index in [4.69, 9.17) is 9.51 Å². The molecule has 9 heteroatoms. The molecule has 3 heterocycles. The number of aromatic nitrogens is 2. The van der Waals surface area contributed by atoms with Crippen LogP contribution < -0.4 is 0 Å². The van der Waals surface area contributed by atoms with Crippen LogP contribution in [0.2, 0.25) is 0 Å². The molecule has 0 aliphatic carbocycles. The first-order valence-corrected chi connectivity index (χ1v) is 14.4. The van der Waals surface area contributed by atoms with E-state index in [-0.39, 0.29) is 5.75 Å². The highest BCUT2D eigenvalue weighted by Gasteiger charge is 2.24. The van der Waals surface area contributed by atoms with E-state index in [1.807, 2.05) is 60.8 Å². The Labute approximate surface area is 211 Å². The number of halogens is 1. The molecule has 1 fully saturated rings. The quantitative estimate of drug-likeness (QED) is 0.269. The standard InChI is InChI=1S/C25H24BrN3O3S2/c1-17-23(24(28-32-17)20-6-5-7-21(26)14-20)22-15-33-25(27-22)19-10-8-18(9-11-19)16-34(30,31)29-12-3-2-4-13-29/h5-11,14-15H,2-4,12-13,16H2,1H3. The Bertz CT molecular complexity index is 1410. The van der Waals surface area contributed by atoms with Crippen molar-refractivity contribution in [3.8, 4) is 33.1 Å². The van der Waals surface area contributed by atoms with Gasteiger partial charge in [0.25, 0.3) is 0 Å². The summed E-state index contributed by atoms with van der Waals surface area (Å²) < 4.78 is 33.6. The normalized spacial score (nSPS) is 15.0. The minimum atomic E-state index is -3.28. The summed E-state index contributed by atoms with van der Waals surface area (Å²) in [6.07, 6.45) is 2.99. The van der Waals surface area contributed by atoms with Crippen molar-refractivity contribution in [3.05, 3.63) is 69.7 Å². The lowest BCUT2D eigenvalue weighted by molar-refractivity contribution is 0.346. The molecule has 5 rings (SSSR count). The van der Waals surface area contributed by atoms with Crippen LogP contribution in [0, 0.1) is 6.92 Å². The van der Waals surface area contributed by atoms with Gasteiger partial charge in [-0.2, -0.15) is 0 Å². The molecule has 0 saturated carbocycles. The van der Waals surface area contributed by atoms with Crippen LogP contribution >= 0.6 is 27.3 Å². The molecule has 0 radical (unpaired) electrons. The Morgan fingerprint density at radius 2 is 1.82 bits per heavy atom. The van der Waals surface area contributed by atoms with E-state index in [2.05, 4.69) is 21.1 Å². The van der Waals surface area contributed by atoms with Crippen LogP contribution in [0.15, 0.2) is 62.9 Å². The summed E-state index contributed by atoms with van der Waals surface area (Å²) >= 11 is 5.06. The third-order valence-corrected chi connectivity index (χ3v) is 9.21. The Kier molecular flexibility index (Phi) is 6.70. The fourth-order valence-corrected chi connectivity index (χ4v) is 7.04. The van der Waals surface area contributed by atoms with Gasteiger partial charge in [0.15, 0.2) is 0 Å². The Balaban J connectivity index is 1.37. The fourth-order valence-electron chi connectivity index (χ4n) is 4.22. The van der Waals surface area contributed by atoms with Crippen molar-refractivity contribution >= 4 is 37.3 Å². The summed E-state index contributed by atoms with van der Waals surface area (Å²) in [6.45, 7) is 3.15. The summed E-state index contributed by atoms with van der Waals surface area (Å²) in [5, 5.41) is 7.14. The number of hydrogen-bond donors (Lipinski definition) is 0. The highest BCUT2D eigenvalue weighted by molar-refractivity contribution is 9.10. The lowest BCUT2D eigenvalue weighted by Gasteiger charge is -2.25. The van der Waals surface area contributed by atoms with Crippen LogP contribution in [0.5, 0.6) is 0 Å². The van der Waals surface area contributed by atoms with Gasteiger partial charge in [-0.3, -0.25) is 0 Å². The molecule has 0 bridgehead atoms. The highest BCUT2D eigenvalue weighted by Crippen LogP contribution is 2.37. The first kappa shape index (κ1) is 23.4. The minimum absolute atomic E-state index is 0.0340. The van der Waals surface area contributed by atoms with E-state index in [0.717, 1.165) is 62.4 Å². The van der Waals surface area contributed by atoms with E-state index in [1.54, 1.807) is 15.6 Å². The molecule has 4 aromatic rings. The van der Waals surface area contributed by atoms with Crippen LogP contribution in [0.4, 0.5) is 0 Å². The lowest BCUT2D eigenvalue weighted by Crippen LogP contribution is -2.36. The predicted molar refractivity (Wildman–Crippen MR) is 139 cm³/mol. The summed E-state index contributed by atoms with van der Waals surface area (Å²) in [5.74, 6) is 0.747. The molecule has 1 aliphatic rings. The topological polar surface area (TPSA) is 76.3 Å². The average molecular weight is 559 g/mol. The smallest absolute Gasteiger partial charge is 0.218 e. The Morgan fingerprint density at radius 3 is 2.56 bits per heavy atom. The zero-order valence-electron chi connectivity index (χ0n) is 18.7. The van der Waals surface area contributed by atoms with Gasteiger partial charge in [0.2, 0.25) is 10.0 Å². The van der Waals surface area contributed by atoms with Gasteiger partial charge in [0.1, 0.15) is 16.5 Å².